The van der Waals surface area contributed by atoms with Crippen LogP contribution in [0.3, 0.4) is 0 Å². The number of hydrogen-bond donors (Lipinski definition) is 3. The number of urea groups is 1. The lowest BCUT2D eigenvalue weighted by Crippen LogP contribution is -2.51. The Kier molecular flexibility index (Phi) is 8.11. The van der Waals surface area contributed by atoms with Gasteiger partial charge in [-0.1, -0.05) is 27.2 Å². The molecule has 6 heteroatoms. The van der Waals surface area contributed by atoms with Crippen LogP contribution < -0.4 is 5.32 Å². The first kappa shape index (κ1) is 16.7. The van der Waals surface area contributed by atoms with Crippen LogP contribution in [0.15, 0.2) is 0 Å². The molecule has 0 aromatic heterocycles. The third kappa shape index (κ3) is 5.35. The Balaban J connectivity index is 4.59. The van der Waals surface area contributed by atoms with Crippen molar-refractivity contribution in [3.05, 3.63) is 0 Å². The van der Waals surface area contributed by atoms with Gasteiger partial charge in [-0.25, -0.2) is 9.59 Å². The molecule has 0 spiro atoms. The Hall–Kier alpha value is -1.30. The number of nitrogens with one attached hydrogen (secondary N) is 1. The molecule has 0 aliphatic carbocycles. The predicted molar refractivity (Wildman–Crippen MR) is 68.4 cm³/mol. The second-order valence-corrected chi connectivity index (χ2v) is 4.36. The molecule has 0 aliphatic heterocycles. The second-order valence-electron chi connectivity index (χ2n) is 4.36. The summed E-state index contributed by atoms with van der Waals surface area (Å²) in [6.45, 7) is 6.17. The molecule has 106 valence electrons. The molecule has 0 saturated carbocycles. The van der Waals surface area contributed by atoms with Crippen LogP contribution >= 0.6 is 0 Å². The molecule has 6 nitrogen and oxygen atoms in total. The van der Waals surface area contributed by atoms with E-state index in [1.165, 1.54) is 4.90 Å². The Labute approximate surface area is 108 Å². The molecule has 3 N–H and O–H groups in total. The van der Waals surface area contributed by atoms with Gasteiger partial charge in [-0.2, -0.15) is 0 Å². The molecule has 18 heavy (non-hydrogen) atoms. The van der Waals surface area contributed by atoms with Gasteiger partial charge in [0.25, 0.3) is 0 Å². The molecule has 0 bridgehead atoms. The normalized spacial score (nSPS) is 13.8. The molecule has 0 radical (unpaired) electrons. The third-order valence-electron chi connectivity index (χ3n) is 2.91. The molecule has 0 unspecified atom stereocenters. The van der Waals surface area contributed by atoms with Crippen LogP contribution in [0, 0.1) is 5.92 Å². The SMILES string of the molecule is CCCN(CCO)C(=O)N[C@H](C(=O)O)[C@@H](C)CC. The van der Waals surface area contributed by atoms with Crippen molar-refractivity contribution in [1.29, 1.82) is 0 Å². The number of nitrogens with zero attached hydrogens (tertiary/aromatic N) is 1. The number of carboxylic acids is 1. The molecule has 0 aromatic carbocycles. The molecular weight excluding hydrogens is 236 g/mol. The van der Waals surface area contributed by atoms with Crippen molar-refractivity contribution >= 4 is 12.0 Å². The first-order chi connectivity index (χ1) is 8.47. The summed E-state index contributed by atoms with van der Waals surface area (Å²) in [7, 11) is 0. The van der Waals surface area contributed by atoms with Gasteiger partial charge in [0.1, 0.15) is 6.04 Å². The van der Waals surface area contributed by atoms with E-state index in [0.29, 0.717) is 13.0 Å². The number of aliphatic hydroxyl groups excluding tert-OH is 1. The summed E-state index contributed by atoms with van der Waals surface area (Å²) in [5.74, 6) is -1.16. The number of hydrogen-bond acceptors (Lipinski definition) is 3. The summed E-state index contributed by atoms with van der Waals surface area (Å²) in [5, 5.41) is 20.5. The van der Waals surface area contributed by atoms with Gasteiger partial charge in [-0.15, -0.1) is 0 Å². The molecule has 0 aromatic rings. The molecule has 0 saturated heterocycles. The number of aliphatic carboxylic acids is 1. The zero-order chi connectivity index (χ0) is 14.1. The van der Waals surface area contributed by atoms with Crippen molar-refractivity contribution in [2.45, 2.75) is 39.7 Å². The molecular formula is C12H24N2O4. The maximum absolute atomic E-state index is 11.9. The van der Waals surface area contributed by atoms with Crippen LogP contribution in [0.25, 0.3) is 0 Å². The van der Waals surface area contributed by atoms with Crippen molar-refractivity contribution in [1.82, 2.24) is 10.2 Å². The lowest BCUT2D eigenvalue weighted by atomic mass is 9.99. The molecule has 2 atom stereocenters. The summed E-state index contributed by atoms with van der Waals surface area (Å²) in [4.78, 5) is 24.4. The van der Waals surface area contributed by atoms with Gasteiger partial charge in [0.2, 0.25) is 0 Å². The fourth-order valence-corrected chi connectivity index (χ4v) is 1.61. The van der Waals surface area contributed by atoms with Crippen molar-refractivity contribution in [2.75, 3.05) is 19.7 Å². The van der Waals surface area contributed by atoms with Gasteiger partial charge in [-0.05, 0) is 12.3 Å². The highest BCUT2D eigenvalue weighted by Gasteiger charge is 2.26. The van der Waals surface area contributed by atoms with Gasteiger partial charge in [0.05, 0.1) is 6.61 Å². The highest BCUT2D eigenvalue weighted by Crippen LogP contribution is 2.08. The average Bonchev–Trinajstić information content (AvgIpc) is 2.34. The van der Waals surface area contributed by atoms with E-state index in [2.05, 4.69) is 5.32 Å². The molecule has 0 rings (SSSR count). The van der Waals surface area contributed by atoms with E-state index in [9.17, 15) is 9.59 Å². The Bertz CT molecular complexity index is 265. The van der Waals surface area contributed by atoms with Gasteiger partial charge in [0, 0.05) is 13.1 Å². The summed E-state index contributed by atoms with van der Waals surface area (Å²) >= 11 is 0. The minimum atomic E-state index is -1.03. The average molecular weight is 260 g/mol. The fraction of sp³-hybridized carbons (Fsp3) is 0.833. The highest BCUT2D eigenvalue weighted by molar-refractivity contribution is 5.82. The quantitative estimate of drug-likeness (QED) is 0.605. The summed E-state index contributed by atoms with van der Waals surface area (Å²) in [5.41, 5.74) is 0. The van der Waals surface area contributed by atoms with Crippen LogP contribution in [0.4, 0.5) is 4.79 Å². The number of carbonyl (C=O) groups excluding carboxylic acids is 1. The van der Waals surface area contributed by atoms with Gasteiger partial charge in [-0.3, -0.25) is 0 Å². The van der Waals surface area contributed by atoms with E-state index in [0.717, 1.165) is 6.42 Å². The molecule has 0 heterocycles. The largest absolute Gasteiger partial charge is 0.480 e. The number of carboxylic acid groups (broad SMARTS) is 1. The Morgan fingerprint density at radius 2 is 1.89 bits per heavy atom. The summed E-state index contributed by atoms with van der Waals surface area (Å²) < 4.78 is 0. The minimum Gasteiger partial charge on any atom is -0.480 e. The maximum Gasteiger partial charge on any atom is 0.326 e. The standard InChI is InChI=1S/C12H24N2O4/c1-4-6-14(7-8-15)12(18)13-10(11(16)17)9(3)5-2/h9-10,15H,4-8H2,1-3H3,(H,13,18)(H,16,17)/t9-,10-/m0/s1. The summed E-state index contributed by atoms with van der Waals surface area (Å²) in [6.07, 6.45) is 1.43. The van der Waals surface area contributed by atoms with Crippen LogP contribution in [0.1, 0.15) is 33.6 Å². The number of amides is 2. The predicted octanol–water partition coefficient (Wildman–Crippen LogP) is 0.900. The van der Waals surface area contributed by atoms with Crippen molar-refractivity contribution in [2.24, 2.45) is 5.92 Å². The van der Waals surface area contributed by atoms with Crippen LogP contribution in [-0.2, 0) is 4.79 Å². The number of carbonyl (C=O) groups is 2. The number of rotatable bonds is 8. The molecule has 0 fully saturated rings. The number of aliphatic hydroxyl groups is 1. The third-order valence-corrected chi connectivity index (χ3v) is 2.91. The van der Waals surface area contributed by atoms with E-state index < -0.39 is 18.0 Å². The zero-order valence-corrected chi connectivity index (χ0v) is 11.3. The van der Waals surface area contributed by atoms with E-state index in [-0.39, 0.29) is 19.1 Å². The topological polar surface area (TPSA) is 89.9 Å². The molecule has 2 amide bonds. The Morgan fingerprint density at radius 1 is 1.28 bits per heavy atom. The maximum atomic E-state index is 11.9. The highest BCUT2D eigenvalue weighted by atomic mass is 16.4. The lowest BCUT2D eigenvalue weighted by molar-refractivity contribution is -0.140. The van der Waals surface area contributed by atoms with Crippen molar-refractivity contribution in [3.8, 4) is 0 Å². The first-order valence-electron chi connectivity index (χ1n) is 6.36. The van der Waals surface area contributed by atoms with Gasteiger partial charge >= 0.3 is 12.0 Å². The van der Waals surface area contributed by atoms with Crippen LogP contribution in [0.2, 0.25) is 0 Å². The lowest BCUT2D eigenvalue weighted by Gasteiger charge is -2.26. The Morgan fingerprint density at radius 3 is 2.28 bits per heavy atom. The van der Waals surface area contributed by atoms with E-state index in [1.54, 1.807) is 6.92 Å². The first-order valence-corrected chi connectivity index (χ1v) is 6.36. The van der Waals surface area contributed by atoms with E-state index >= 15 is 0 Å². The molecule has 0 aliphatic rings. The van der Waals surface area contributed by atoms with Gasteiger partial charge < -0.3 is 20.4 Å². The zero-order valence-electron chi connectivity index (χ0n) is 11.3. The fourth-order valence-electron chi connectivity index (χ4n) is 1.61. The summed E-state index contributed by atoms with van der Waals surface area (Å²) in [6, 6.07) is -1.32. The van der Waals surface area contributed by atoms with Crippen LogP contribution in [0.5, 0.6) is 0 Å². The van der Waals surface area contributed by atoms with Crippen molar-refractivity contribution in [3.63, 3.8) is 0 Å². The van der Waals surface area contributed by atoms with E-state index in [4.69, 9.17) is 10.2 Å². The van der Waals surface area contributed by atoms with Gasteiger partial charge in [0.15, 0.2) is 0 Å². The second kappa shape index (κ2) is 8.74. The van der Waals surface area contributed by atoms with E-state index in [1.807, 2.05) is 13.8 Å². The minimum absolute atomic E-state index is 0.130. The smallest absolute Gasteiger partial charge is 0.326 e. The van der Waals surface area contributed by atoms with Crippen molar-refractivity contribution < 1.29 is 19.8 Å². The monoisotopic (exact) mass is 260 g/mol. The van der Waals surface area contributed by atoms with Crippen LogP contribution in [-0.4, -0.2) is 52.9 Å².